The molecule has 4 bridgehead atoms. The van der Waals surface area contributed by atoms with E-state index in [0.29, 0.717) is 6.42 Å². The Kier molecular flexibility index (Phi) is 4.29. The molecule has 4 fully saturated rings. The normalized spacial score (nSPS) is 31.2. The molecular formula is C22H27N5O. The number of aromatic nitrogens is 3. The SMILES string of the molecule is C/C(=N\NC(=O)CC12CC3CC(CC(C3)C1)C2)c1ccc(-n2cncn2)cc1. The van der Waals surface area contributed by atoms with Crippen molar-refractivity contribution in [3.05, 3.63) is 42.5 Å². The zero-order valence-corrected chi connectivity index (χ0v) is 16.3. The molecule has 1 heterocycles. The monoisotopic (exact) mass is 377 g/mol. The van der Waals surface area contributed by atoms with Gasteiger partial charge in [-0.1, -0.05) is 12.1 Å². The minimum absolute atomic E-state index is 0.0699. The Balaban J connectivity index is 1.21. The number of nitrogens with zero attached hydrogens (tertiary/aromatic N) is 4. The number of nitrogens with one attached hydrogen (secondary N) is 1. The van der Waals surface area contributed by atoms with E-state index < -0.39 is 0 Å². The molecule has 146 valence electrons. The van der Waals surface area contributed by atoms with Crippen LogP contribution in [-0.4, -0.2) is 26.4 Å². The highest BCUT2D eigenvalue weighted by Crippen LogP contribution is 2.61. The van der Waals surface area contributed by atoms with E-state index in [9.17, 15) is 4.79 Å². The highest BCUT2D eigenvalue weighted by Gasteiger charge is 2.51. The molecule has 6 heteroatoms. The summed E-state index contributed by atoms with van der Waals surface area (Å²) in [7, 11) is 0. The van der Waals surface area contributed by atoms with Gasteiger partial charge in [-0.25, -0.2) is 15.1 Å². The summed E-state index contributed by atoms with van der Waals surface area (Å²) in [6, 6.07) is 7.92. The van der Waals surface area contributed by atoms with Gasteiger partial charge in [0.05, 0.1) is 11.4 Å². The molecule has 6 nitrogen and oxygen atoms in total. The maximum atomic E-state index is 12.6. The molecule has 0 unspecified atom stereocenters. The third kappa shape index (κ3) is 3.36. The quantitative estimate of drug-likeness (QED) is 0.638. The lowest BCUT2D eigenvalue weighted by Gasteiger charge is -2.56. The van der Waals surface area contributed by atoms with Crippen LogP contribution in [0, 0.1) is 23.2 Å². The molecule has 1 N–H and O–H groups in total. The first kappa shape index (κ1) is 17.6. The largest absolute Gasteiger partial charge is 0.273 e. The van der Waals surface area contributed by atoms with Crippen LogP contribution < -0.4 is 5.43 Å². The average Bonchev–Trinajstić information content (AvgIpc) is 3.19. The summed E-state index contributed by atoms with van der Waals surface area (Å²) in [5.74, 6) is 2.67. The van der Waals surface area contributed by atoms with Crippen LogP contribution in [0.1, 0.15) is 57.4 Å². The summed E-state index contributed by atoms with van der Waals surface area (Å²) in [6.45, 7) is 1.93. The van der Waals surface area contributed by atoms with Gasteiger partial charge in [-0.3, -0.25) is 4.79 Å². The molecule has 0 spiro atoms. The van der Waals surface area contributed by atoms with Gasteiger partial charge >= 0.3 is 0 Å². The lowest BCUT2D eigenvalue weighted by atomic mass is 9.49. The second kappa shape index (κ2) is 6.83. The lowest BCUT2D eigenvalue weighted by molar-refractivity contribution is -0.129. The molecule has 2 aromatic rings. The Morgan fingerprint density at radius 1 is 1.14 bits per heavy atom. The second-order valence-corrected chi connectivity index (χ2v) is 9.21. The van der Waals surface area contributed by atoms with E-state index in [0.717, 1.165) is 34.7 Å². The van der Waals surface area contributed by atoms with E-state index in [4.69, 9.17) is 0 Å². The Labute approximate surface area is 165 Å². The first-order valence-electron chi connectivity index (χ1n) is 10.4. The van der Waals surface area contributed by atoms with Gasteiger partial charge < -0.3 is 0 Å². The molecule has 28 heavy (non-hydrogen) atoms. The van der Waals surface area contributed by atoms with Crippen molar-refractivity contribution in [3.63, 3.8) is 0 Å². The molecule has 4 aliphatic carbocycles. The van der Waals surface area contributed by atoms with Crippen LogP contribution in [0.2, 0.25) is 0 Å². The fraction of sp³-hybridized carbons (Fsp3) is 0.545. The van der Waals surface area contributed by atoms with Crippen LogP contribution in [-0.2, 0) is 4.79 Å². The zero-order valence-electron chi connectivity index (χ0n) is 16.3. The van der Waals surface area contributed by atoms with Gasteiger partial charge in [0.15, 0.2) is 0 Å². The Hall–Kier alpha value is -2.50. The van der Waals surface area contributed by atoms with Crippen molar-refractivity contribution in [2.45, 2.75) is 51.9 Å². The van der Waals surface area contributed by atoms with Gasteiger partial charge in [-0.15, -0.1) is 0 Å². The molecule has 1 aromatic heterocycles. The van der Waals surface area contributed by atoms with Gasteiger partial charge in [0, 0.05) is 6.42 Å². The fourth-order valence-corrected chi connectivity index (χ4v) is 6.29. The number of hydrogen-bond donors (Lipinski definition) is 1. The van der Waals surface area contributed by atoms with Gasteiger partial charge in [0.1, 0.15) is 12.7 Å². The predicted octanol–water partition coefficient (Wildman–Crippen LogP) is 3.71. The number of hydrazone groups is 1. The average molecular weight is 377 g/mol. The predicted molar refractivity (Wildman–Crippen MR) is 107 cm³/mol. The van der Waals surface area contributed by atoms with E-state index in [-0.39, 0.29) is 11.3 Å². The molecule has 0 radical (unpaired) electrons. The molecule has 1 amide bonds. The minimum atomic E-state index is 0.0699. The maximum Gasteiger partial charge on any atom is 0.240 e. The van der Waals surface area contributed by atoms with Crippen molar-refractivity contribution in [1.82, 2.24) is 20.2 Å². The zero-order chi connectivity index (χ0) is 19.1. The van der Waals surface area contributed by atoms with Crippen molar-refractivity contribution in [1.29, 1.82) is 0 Å². The molecule has 1 aromatic carbocycles. The van der Waals surface area contributed by atoms with Crippen molar-refractivity contribution in [2.24, 2.45) is 28.3 Å². The van der Waals surface area contributed by atoms with Gasteiger partial charge in [-0.05, 0) is 86.3 Å². The van der Waals surface area contributed by atoms with Crippen molar-refractivity contribution >= 4 is 11.6 Å². The van der Waals surface area contributed by atoms with Crippen molar-refractivity contribution in [3.8, 4) is 5.69 Å². The standard InChI is InChI=1S/C22H27N5O/c1-15(19-2-4-20(5-3-19)27-14-23-13-24-27)25-26-21(28)12-22-9-16-6-17(10-22)8-18(7-16)11-22/h2-5,13-14,16-18H,6-12H2,1H3,(H,26,28)/b25-15+. The summed E-state index contributed by atoms with van der Waals surface area (Å²) >= 11 is 0. The van der Waals surface area contributed by atoms with E-state index >= 15 is 0 Å². The maximum absolute atomic E-state index is 12.6. The summed E-state index contributed by atoms with van der Waals surface area (Å²) < 4.78 is 1.71. The fourth-order valence-electron chi connectivity index (χ4n) is 6.29. The number of carbonyl (C=O) groups is 1. The summed E-state index contributed by atoms with van der Waals surface area (Å²) in [5, 5.41) is 8.49. The third-order valence-electron chi connectivity index (χ3n) is 7.02. The van der Waals surface area contributed by atoms with Crippen LogP contribution in [0.15, 0.2) is 42.0 Å². The molecule has 0 atom stereocenters. The number of rotatable bonds is 5. The molecule has 0 saturated heterocycles. The van der Waals surface area contributed by atoms with E-state index in [1.807, 2.05) is 31.2 Å². The second-order valence-electron chi connectivity index (χ2n) is 9.21. The number of hydrogen-bond acceptors (Lipinski definition) is 4. The Morgan fingerprint density at radius 3 is 2.36 bits per heavy atom. The summed E-state index contributed by atoms with van der Waals surface area (Å²) in [5.41, 5.74) is 5.81. The van der Waals surface area contributed by atoms with Crippen LogP contribution in [0.3, 0.4) is 0 Å². The topological polar surface area (TPSA) is 72.2 Å². The first-order chi connectivity index (χ1) is 13.6. The van der Waals surface area contributed by atoms with Crippen LogP contribution in [0.5, 0.6) is 0 Å². The number of carbonyl (C=O) groups excluding carboxylic acids is 1. The summed E-state index contributed by atoms with van der Waals surface area (Å²) in [6.07, 6.45) is 11.8. The molecule has 6 rings (SSSR count). The molecular weight excluding hydrogens is 350 g/mol. The van der Waals surface area contributed by atoms with Crippen molar-refractivity contribution in [2.75, 3.05) is 0 Å². The van der Waals surface area contributed by atoms with E-state index in [2.05, 4.69) is 20.6 Å². The van der Waals surface area contributed by atoms with E-state index in [1.54, 1.807) is 11.0 Å². The van der Waals surface area contributed by atoms with Gasteiger partial charge in [-0.2, -0.15) is 10.2 Å². The highest BCUT2D eigenvalue weighted by molar-refractivity contribution is 5.99. The summed E-state index contributed by atoms with van der Waals surface area (Å²) in [4.78, 5) is 16.6. The highest BCUT2D eigenvalue weighted by atomic mass is 16.2. The Bertz CT molecular complexity index is 849. The van der Waals surface area contributed by atoms with Crippen LogP contribution in [0.25, 0.3) is 5.69 Å². The van der Waals surface area contributed by atoms with Gasteiger partial charge in [0.2, 0.25) is 5.91 Å². The number of amides is 1. The Morgan fingerprint density at radius 2 is 1.79 bits per heavy atom. The van der Waals surface area contributed by atoms with Crippen LogP contribution >= 0.6 is 0 Å². The van der Waals surface area contributed by atoms with Crippen LogP contribution in [0.4, 0.5) is 0 Å². The first-order valence-corrected chi connectivity index (χ1v) is 10.4. The third-order valence-corrected chi connectivity index (χ3v) is 7.02. The minimum Gasteiger partial charge on any atom is -0.273 e. The van der Waals surface area contributed by atoms with E-state index in [1.165, 1.54) is 44.9 Å². The number of benzene rings is 1. The van der Waals surface area contributed by atoms with Gasteiger partial charge in [0.25, 0.3) is 0 Å². The molecule has 4 aliphatic rings. The molecule has 0 aliphatic heterocycles. The smallest absolute Gasteiger partial charge is 0.240 e. The lowest BCUT2D eigenvalue weighted by Crippen LogP contribution is -2.47. The van der Waals surface area contributed by atoms with Crippen molar-refractivity contribution < 1.29 is 4.79 Å². The molecule has 4 saturated carbocycles.